The highest BCUT2D eigenvalue weighted by atomic mass is 16.5. The van der Waals surface area contributed by atoms with Crippen molar-refractivity contribution in [2.24, 2.45) is 5.92 Å². The number of cyclic esters (lactones) is 1. The van der Waals surface area contributed by atoms with Gasteiger partial charge in [0.15, 0.2) is 0 Å². The quantitative estimate of drug-likeness (QED) is 0.571. The minimum atomic E-state index is -0.203. The van der Waals surface area contributed by atoms with Crippen LogP contribution in [0, 0.1) is 5.92 Å². The molecule has 0 saturated carbocycles. The molecule has 1 fully saturated rings. The van der Waals surface area contributed by atoms with E-state index in [2.05, 4.69) is 18.7 Å². The zero-order valence-electron chi connectivity index (χ0n) is 13.2. The Labute approximate surface area is 137 Å². The molecule has 0 N–H and O–H groups in total. The number of hydrogen-bond acceptors (Lipinski definition) is 2. The van der Waals surface area contributed by atoms with Gasteiger partial charge in [-0.15, -0.1) is 6.58 Å². The molecule has 0 bridgehead atoms. The molecule has 0 aliphatic carbocycles. The first-order chi connectivity index (χ1) is 11.3. The van der Waals surface area contributed by atoms with E-state index in [4.69, 9.17) is 4.74 Å². The van der Waals surface area contributed by atoms with Crippen molar-refractivity contribution in [1.82, 2.24) is 0 Å². The molecule has 0 spiro atoms. The summed E-state index contributed by atoms with van der Waals surface area (Å²) in [4.78, 5) is 12.4. The molecule has 1 aliphatic heterocycles. The topological polar surface area (TPSA) is 26.3 Å². The molecule has 0 aromatic heterocycles. The van der Waals surface area contributed by atoms with Crippen LogP contribution in [0.1, 0.15) is 42.4 Å². The number of carbonyl (C=O) groups excluding carboxylic acids is 1. The van der Waals surface area contributed by atoms with Crippen LogP contribution in [0.25, 0.3) is 0 Å². The second kappa shape index (κ2) is 7.28. The van der Waals surface area contributed by atoms with E-state index in [1.54, 1.807) is 0 Å². The molecule has 3 atom stereocenters. The van der Waals surface area contributed by atoms with Gasteiger partial charge in [-0.2, -0.15) is 0 Å². The van der Waals surface area contributed by atoms with Crippen molar-refractivity contribution in [1.29, 1.82) is 0 Å². The maximum absolute atomic E-state index is 12.4. The van der Waals surface area contributed by atoms with Crippen LogP contribution in [0.15, 0.2) is 73.3 Å². The van der Waals surface area contributed by atoms with E-state index < -0.39 is 0 Å². The summed E-state index contributed by atoms with van der Waals surface area (Å²) < 4.78 is 5.88. The summed E-state index contributed by atoms with van der Waals surface area (Å²) in [7, 11) is 0. The lowest BCUT2D eigenvalue weighted by molar-refractivity contribution is -0.163. The van der Waals surface area contributed by atoms with Gasteiger partial charge in [-0.05, 0) is 30.4 Å². The Morgan fingerprint density at radius 2 is 1.61 bits per heavy atom. The normalized spacial score (nSPS) is 24.0. The third-order valence-electron chi connectivity index (χ3n) is 4.56. The first kappa shape index (κ1) is 15.5. The van der Waals surface area contributed by atoms with Gasteiger partial charge in [-0.3, -0.25) is 4.79 Å². The van der Waals surface area contributed by atoms with Gasteiger partial charge < -0.3 is 4.74 Å². The lowest BCUT2D eigenvalue weighted by Crippen LogP contribution is -2.32. The number of allylic oxidation sites excluding steroid dienone is 1. The molecule has 2 aromatic rings. The third-order valence-corrected chi connectivity index (χ3v) is 4.56. The van der Waals surface area contributed by atoms with Crippen molar-refractivity contribution in [3.63, 3.8) is 0 Å². The van der Waals surface area contributed by atoms with Gasteiger partial charge in [-0.25, -0.2) is 0 Å². The number of hydrogen-bond donors (Lipinski definition) is 0. The van der Waals surface area contributed by atoms with Crippen LogP contribution in [0.4, 0.5) is 0 Å². The Hall–Kier alpha value is -2.35. The first-order valence-corrected chi connectivity index (χ1v) is 8.21. The average molecular weight is 306 g/mol. The Bertz CT molecular complexity index is 648. The second-order valence-corrected chi connectivity index (χ2v) is 6.08. The molecule has 0 radical (unpaired) electrons. The number of rotatable bonds is 5. The monoisotopic (exact) mass is 306 g/mol. The molecule has 1 heterocycles. The Balaban J connectivity index is 1.91. The van der Waals surface area contributed by atoms with Gasteiger partial charge in [0.1, 0.15) is 6.10 Å². The number of benzene rings is 2. The van der Waals surface area contributed by atoms with E-state index in [0.717, 1.165) is 24.8 Å². The first-order valence-electron chi connectivity index (χ1n) is 8.21. The highest BCUT2D eigenvalue weighted by molar-refractivity contribution is 5.74. The molecule has 2 nitrogen and oxygen atoms in total. The van der Waals surface area contributed by atoms with Crippen LogP contribution in [0.2, 0.25) is 0 Å². The maximum Gasteiger partial charge on any atom is 0.309 e. The SMILES string of the molecule is C=CCC[C@H]1C[C@H](c2ccccc2)[C@H](c2ccccc2)OC1=O. The summed E-state index contributed by atoms with van der Waals surface area (Å²) in [5.74, 6) is 0.0807. The fraction of sp³-hybridized carbons (Fsp3) is 0.286. The van der Waals surface area contributed by atoms with Crippen LogP contribution < -0.4 is 0 Å². The molecular formula is C21H22O2. The highest BCUT2D eigenvalue weighted by Crippen LogP contribution is 2.44. The maximum atomic E-state index is 12.4. The van der Waals surface area contributed by atoms with E-state index in [0.29, 0.717) is 0 Å². The number of ether oxygens (including phenoxy) is 1. The van der Waals surface area contributed by atoms with Crippen molar-refractivity contribution in [3.05, 3.63) is 84.4 Å². The number of esters is 1. The number of carbonyl (C=O) groups is 1. The van der Waals surface area contributed by atoms with Crippen molar-refractivity contribution < 1.29 is 9.53 Å². The zero-order valence-corrected chi connectivity index (χ0v) is 13.2. The van der Waals surface area contributed by atoms with Gasteiger partial charge in [-0.1, -0.05) is 66.7 Å². The Morgan fingerprint density at radius 3 is 2.22 bits per heavy atom. The van der Waals surface area contributed by atoms with E-state index in [1.165, 1.54) is 5.56 Å². The highest BCUT2D eigenvalue weighted by Gasteiger charge is 2.38. The minimum Gasteiger partial charge on any atom is -0.457 e. The molecule has 118 valence electrons. The fourth-order valence-electron chi connectivity index (χ4n) is 3.34. The molecule has 0 unspecified atom stereocenters. The molecule has 1 aliphatic rings. The van der Waals surface area contributed by atoms with Crippen LogP contribution in [0.5, 0.6) is 0 Å². The fourth-order valence-corrected chi connectivity index (χ4v) is 3.34. The summed E-state index contributed by atoms with van der Waals surface area (Å²) >= 11 is 0. The van der Waals surface area contributed by atoms with Gasteiger partial charge in [0.2, 0.25) is 0 Å². The molecule has 2 heteroatoms. The summed E-state index contributed by atoms with van der Waals surface area (Å²) in [5.41, 5.74) is 2.30. The van der Waals surface area contributed by atoms with E-state index in [1.807, 2.05) is 54.6 Å². The molecule has 2 aromatic carbocycles. The second-order valence-electron chi connectivity index (χ2n) is 6.08. The molecule has 0 amide bonds. The molecule has 3 rings (SSSR count). The van der Waals surface area contributed by atoms with Crippen LogP contribution in [-0.4, -0.2) is 5.97 Å². The smallest absolute Gasteiger partial charge is 0.309 e. The van der Waals surface area contributed by atoms with Crippen molar-refractivity contribution in [2.75, 3.05) is 0 Å². The third kappa shape index (κ3) is 3.53. The average Bonchev–Trinajstić information content (AvgIpc) is 2.62. The molecular weight excluding hydrogens is 284 g/mol. The summed E-state index contributed by atoms with van der Waals surface area (Å²) in [5, 5.41) is 0. The van der Waals surface area contributed by atoms with E-state index in [9.17, 15) is 4.79 Å². The lowest BCUT2D eigenvalue weighted by atomic mass is 9.78. The largest absolute Gasteiger partial charge is 0.457 e. The predicted octanol–water partition coefficient (Wildman–Crippen LogP) is 5.04. The summed E-state index contributed by atoms with van der Waals surface area (Å²) in [6.07, 6.45) is 4.15. The standard InChI is InChI=1S/C21H22O2/c1-2-3-10-18-15-19(16-11-6-4-7-12-16)20(23-21(18)22)17-13-8-5-9-14-17/h2,4-9,11-14,18-20H,1,3,10,15H2/t18-,19+,20-/m0/s1. The predicted molar refractivity (Wildman–Crippen MR) is 92.0 cm³/mol. The minimum absolute atomic E-state index is 0.0434. The van der Waals surface area contributed by atoms with Crippen LogP contribution >= 0.6 is 0 Å². The van der Waals surface area contributed by atoms with Gasteiger partial charge >= 0.3 is 5.97 Å². The Morgan fingerprint density at radius 1 is 1.00 bits per heavy atom. The molecule has 23 heavy (non-hydrogen) atoms. The van der Waals surface area contributed by atoms with Crippen molar-refractivity contribution in [3.8, 4) is 0 Å². The van der Waals surface area contributed by atoms with Crippen LogP contribution in [0.3, 0.4) is 0 Å². The lowest BCUT2D eigenvalue weighted by Gasteiger charge is -2.36. The van der Waals surface area contributed by atoms with Crippen molar-refractivity contribution in [2.45, 2.75) is 31.3 Å². The zero-order chi connectivity index (χ0) is 16.1. The summed E-state index contributed by atoms with van der Waals surface area (Å²) in [6, 6.07) is 20.4. The van der Waals surface area contributed by atoms with Gasteiger partial charge in [0, 0.05) is 5.92 Å². The van der Waals surface area contributed by atoms with Crippen LogP contribution in [-0.2, 0) is 9.53 Å². The Kier molecular flexibility index (Phi) is 4.92. The summed E-state index contributed by atoms with van der Waals surface area (Å²) in [6.45, 7) is 3.76. The van der Waals surface area contributed by atoms with E-state index in [-0.39, 0.29) is 23.9 Å². The van der Waals surface area contributed by atoms with Gasteiger partial charge in [0.25, 0.3) is 0 Å². The van der Waals surface area contributed by atoms with Crippen molar-refractivity contribution >= 4 is 5.97 Å². The van der Waals surface area contributed by atoms with Gasteiger partial charge in [0.05, 0.1) is 5.92 Å². The van der Waals surface area contributed by atoms with E-state index >= 15 is 0 Å². The molecule has 1 saturated heterocycles.